The van der Waals surface area contributed by atoms with E-state index >= 15 is 0 Å². The Balaban J connectivity index is 1.97. The summed E-state index contributed by atoms with van der Waals surface area (Å²) in [4.78, 5) is 4.18. The molecule has 4 heteroatoms. The van der Waals surface area contributed by atoms with Gasteiger partial charge in [0.25, 0.3) is 0 Å². The van der Waals surface area contributed by atoms with Crippen molar-refractivity contribution in [1.29, 1.82) is 0 Å². The molecule has 4 nitrogen and oxygen atoms in total. The fourth-order valence-corrected chi connectivity index (χ4v) is 1.95. The van der Waals surface area contributed by atoms with E-state index in [1.165, 1.54) is 0 Å². The van der Waals surface area contributed by atoms with Gasteiger partial charge in [-0.1, -0.05) is 12.1 Å². The number of nitrogen functional groups attached to an aromatic ring is 1. The molecule has 0 aliphatic carbocycles. The molecular weight excluding hydrogens is 236 g/mol. The summed E-state index contributed by atoms with van der Waals surface area (Å²) in [5.41, 5.74) is 10.7. The lowest BCUT2D eigenvalue weighted by Gasteiger charge is -2.01. The Labute approximate surface area is 111 Å². The van der Waals surface area contributed by atoms with Crippen LogP contribution in [0.4, 0.5) is 5.69 Å². The normalized spacial score (nSPS) is 10.6. The Hall–Kier alpha value is -2.62. The van der Waals surface area contributed by atoms with Crippen LogP contribution in [0, 0.1) is 6.92 Å². The van der Waals surface area contributed by atoms with Crippen LogP contribution in [-0.2, 0) is 0 Å². The van der Waals surface area contributed by atoms with E-state index < -0.39 is 0 Å². The summed E-state index contributed by atoms with van der Waals surface area (Å²) < 4.78 is 1.83. The maximum atomic E-state index is 5.69. The van der Waals surface area contributed by atoms with E-state index in [4.69, 9.17) is 5.73 Å². The third-order valence-corrected chi connectivity index (χ3v) is 2.95. The largest absolute Gasteiger partial charge is 0.399 e. The van der Waals surface area contributed by atoms with Gasteiger partial charge in [0, 0.05) is 23.6 Å². The number of hydrogen-bond donors (Lipinski definition) is 1. The zero-order valence-corrected chi connectivity index (χ0v) is 10.6. The van der Waals surface area contributed by atoms with E-state index in [0.717, 1.165) is 28.1 Å². The Morgan fingerprint density at radius 2 is 1.79 bits per heavy atom. The SMILES string of the molecule is Cc1cncc(-n2cc(-c3ccc(N)cc3)cn2)c1. The number of benzene rings is 1. The van der Waals surface area contributed by atoms with Gasteiger partial charge in [-0.05, 0) is 36.2 Å². The highest BCUT2D eigenvalue weighted by Gasteiger charge is 2.03. The maximum Gasteiger partial charge on any atom is 0.0831 e. The molecule has 1 aromatic carbocycles. The molecular formula is C15H14N4. The maximum absolute atomic E-state index is 5.69. The van der Waals surface area contributed by atoms with Crippen LogP contribution in [0.1, 0.15) is 5.56 Å². The molecule has 0 unspecified atom stereocenters. The molecule has 0 saturated heterocycles. The van der Waals surface area contributed by atoms with Crippen LogP contribution >= 0.6 is 0 Å². The summed E-state index contributed by atoms with van der Waals surface area (Å²) >= 11 is 0. The number of hydrogen-bond acceptors (Lipinski definition) is 3. The second-order valence-corrected chi connectivity index (χ2v) is 4.52. The van der Waals surface area contributed by atoms with Crippen LogP contribution in [-0.4, -0.2) is 14.8 Å². The van der Waals surface area contributed by atoms with Crippen LogP contribution in [0.5, 0.6) is 0 Å². The molecule has 0 amide bonds. The molecule has 0 atom stereocenters. The van der Waals surface area contributed by atoms with Crippen molar-refractivity contribution >= 4 is 5.69 Å². The van der Waals surface area contributed by atoms with E-state index in [9.17, 15) is 0 Å². The molecule has 0 fully saturated rings. The first-order valence-electron chi connectivity index (χ1n) is 6.05. The van der Waals surface area contributed by atoms with Gasteiger partial charge in [-0.15, -0.1) is 0 Å². The van der Waals surface area contributed by atoms with E-state index in [-0.39, 0.29) is 0 Å². The molecule has 2 aromatic heterocycles. The van der Waals surface area contributed by atoms with Crippen LogP contribution < -0.4 is 5.73 Å². The zero-order chi connectivity index (χ0) is 13.2. The van der Waals surface area contributed by atoms with Gasteiger partial charge in [-0.2, -0.15) is 5.10 Å². The van der Waals surface area contributed by atoms with Crippen molar-refractivity contribution in [3.05, 3.63) is 60.7 Å². The molecule has 0 saturated carbocycles. The van der Waals surface area contributed by atoms with E-state index in [0.29, 0.717) is 0 Å². The van der Waals surface area contributed by atoms with Crippen molar-refractivity contribution in [2.45, 2.75) is 6.92 Å². The number of pyridine rings is 1. The number of anilines is 1. The fraction of sp³-hybridized carbons (Fsp3) is 0.0667. The van der Waals surface area contributed by atoms with Crippen LogP contribution in [0.25, 0.3) is 16.8 Å². The molecule has 2 heterocycles. The van der Waals surface area contributed by atoms with Gasteiger partial charge in [0.05, 0.1) is 18.1 Å². The van der Waals surface area contributed by atoms with Gasteiger partial charge in [-0.25, -0.2) is 4.68 Å². The van der Waals surface area contributed by atoms with Gasteiger partial charge in [0.15, 0.2) is 0 Å². The predicted octanol–water partition coefficient (Wildman–Crippen LogP) is 2.82. The first kappa shape index (κ1) is 11.5. The fourth-order valence-electron chi connectivity index (χ4n) is 1.95. The van der Waals surface area contributed by atoms with Crippen molar-refractivity contribution in [3.63, 3.8) is 0 Å². The number of nitrogens with two attached hydrogens (primary N) is 1. The zero-order valence-electron chi connectivity index (χ0n) is 10.6. The van der Waals surface area contributed by atoms with Gasteiger partial charge >= 0.3 is 0 Å². The van der Waals surface area contributed by atoms with Crippen molar-refractivity contribution < 1.29 is 0 Å². The lowest BCUT2D eigenvalue weighted by Crippen LogP contribution is -1.95. The van der Waals surface area contributed by atoms with E-state index in [1.54, 1.807) is 6.20 Å². The summed E-state index contributed by atoms with van der Waals surface area (Å²) in [6, 6.07) is 9.81. The second kappa shape index (κ2) is 4.57. The van der Waals surface area contributed by atoms with Gasteiger partial charge < -0.3 is 5.73 Å². The third kappa shape index (κ3) is 2.33. The standard InChI is InChI=1S/C15H14N4/c1-11-6-15(9-17-7-11)19-10-13(8-18-19)12-2-4-14(16)5-3-12/h2-10H,16H2,1H3. The third-order valence-electron chi connectivity index (χ3n) is 2.95. The minimum atomic E-state index is 0.763. The molecule has 0 radical (unpaired) electrons. The summed E-state index contributed by atoms with van der Waals surface area (Å²) in [7, 11) is 0. The number of nitrogens with zero attached hydrogens (tertiary/aromatic N) is 3. The van der Waals surface area contributed by atoms with Crippen LogP contribution in [0.15, 0.2) is 55.1 Å². The van der Waals surface area contributed by atoms with Crippen molar-refractivity contribution in [2.24, 2.45) is 0 Å². The quantitative estimate of drug-likeness (QED) is 0.711. The molecule has 3 rings (SSSR count). The van der Waals surface area contributed by atoms with Crippen LogP contribution in [0.2, 0.25) is 0 Å². The Morgan fingerprint density at radius 1 is 1.00 bits per heavy atom. The number of aryl methyl sites for hydroxylation is 1. The molecule has 19 heavy (non-hydrogen) atoms. The predicted molar refractivity (Wildman–Crippen MR) is 75.9 cm³/mol. The Bertz CT molecular complexity index is 698. The molecule has 94 valence electrons. The highest BCUT2D eigenvalue weighted by Crippen LogP contribution is 2.21. The van der Waals surface area contributed by atoms with Crippen molar-refractivity contribution in [2.75, 3.05) is 5.73 Å². The van der Waals surface area contributed by atoms with Gasteiger partial charge in [0.1, 0.15) is 0 Å². The highest BCUT2D eigenvalue weighted by atomic mass is 15.3. The number of rotatable bonds is 2. The van der Waals surface area contributed by atoms with E-state index in [2.05, 4.69) is 10.1 Å². The molecule has 0 spiro atoms. The first-order chi connectivity index (χ1) is 9.22. The monoisotopic (exact) mass is 250 g/mol. The average Bonchev–Trinajstić information content (AvgIpc) is 2.89. The molecule has 0 aliphatic rings. The second-order valence-electron chi connectivity index (χ2n) is 4.52. The van der Waals surface area contributed by atoms with Gasteiger partial charge in [0.2, 0.25) is 0 Å². The lowest BCUT2D eigenvalue weighted by molar-refractivity contribution is 0.872. The lowest BCUT2D eigenvalue weighted by atomic mass is 10.1. The topological polar surface area (TPSA) is 56.7 Å². The molecule has 2 N–H and O–H groups in total. The molecule has 0 aliphatic heterocycles. The summed E-state index contributed by atoms with van der Waals surface area (Å²) in [6.45, 7) is 2.01. The summed E-state index contributed by atoms with van der Waals surface area (Å²) in [6.07, 6.45) is 7.45. The van der Waals surface area contributed by atoms with E-state index in [1.807, 2.05) is 60.5 Å². The summed E-state index contributed by atoms with van der Waals surface area (Å²) in [5, 5.41) is 4.37. The minimum Gasteiger partial charge on any atom is -0.399 e. The first-order valence-corrected chi connectivity index (χ1v) is 6.05. The minimum absolute atomic E-state index is 0.763. The van der Waals surface area contributed by atoms with Crippen LogP contribution in [0.3, 0.4) is 0 Å². The van der Waals surface area contributed by atoms with Crippen molar-refractivity contribution in [3.8, 4) is 16.8 Å². The highest BCUT2D eigenvalue weighted by molar-refractivity contribution is 5.64. The molecule has 3 aromatic rings. The summed E-state index contributed by atoms with van der Waals surface area (Å²) in [5.74, 6) is 0. The smallest absolute Gasteiger partial charge is 0.0831 e. The Morgan fingerprint density at radius 3 is 2.53 bits per heavy atom. The number of aromatic nitrogens is 3. The Kier molecular flexibility index (Phi) is 2.76. The molecule has 0 bridgehead atoms. The van der Waals surface area contributed by atoms with Gasteiger partial charge in [-0.3, -0.25) is 4.98 Å². The average molecular weight is 250 g/mol. The van der Waals surface area contributed by atoms with Crippen molar-refractivity contribution in [1.82, 2.24) is 14.8 Å².